The molecular formula is C26H33N3O4. The number of nitrogens with one attached hydrogen (secondary N) is 1. The second-order valence-electron chi connectivity index (χ2n) is 8.47. The Morgan fingerprint density at radius 3 is 2.61 bits per heavy atom. The Bertz CT molecular complexity index is 973. The summed E-state index contributed by atoms with van der Waals surface area (Å²) < 4.78 is 11.2. The van der Waals surface area contributed by atoms with Gasteiger partial charge in [-0.1, -0.05) is 50.2 Å². The van der Waals surface area contributed by atoms with Crippen molar-refractivity contribution in [1.29, 1.82) is 0 Å². The van der Waals surface area contributed by atoms with Crippen molar-refractivity contribution < 1.29 is 19.1 Å². The van der Waals surface area contributed by atoms with E-state index in [1.165, 1.54) is 5.01 Å². The minimum Gasteiger partial charge on any atom is -0.493 e. The predicted octanol–water partition coefficient (Wildman–Crippen LogP) is 4.15. The third-order valence-corrected chi connectivity index (χ3v) is 5.43. The topological polar surface area (TPSA) is 80.2 Å². The lowest BCUT2D eigenvalue weighted by Crippen LogP contribution is -2.27. The number of amides is 2. The zero-order valence-electron chi connectivity index (χ0n) is 19.7. The molecule has 0 saturated heterocycles. The number of hydrogen-bond acceptors (Lipinski definition) is 5. The summed E-state index contributed by atoms with van der Waals surface area (Å²) in [6.07, 6.45) is 1.94. The summed E-state index contributed by atoms with van der Waals surface area (Å²) in [4.78, 5) is 24.7. The van der Waals surface area contributed by atoms with Crippen molar-refractivity contribution in [2.24, 2.45) is 11.0 Å². The number of benzene rings is 2. The maximum Gasteiger partial charge on any atom is 0.243 e. The number of carbonyl (C=O) groups excluding carboxylic acids is 2. The van der Waals surface area contributed by atoms with E-state index in [-0.39, 0.29) is 24.7 Å². The van der Waals surface area contributed by atoms with Crippen molar-refractivity contribution in [3.05, 3.63) is 59.7 Å². The molecule has 0 saturated carbocycles. The Morgan fingerprint density at radius 2 is 1.88 bits per heavy atom. The normalized spacial score (nSPS) is 13.1. The molecule has 0 spiro atoms. The van der Waals surface area contributed by atoms with Crippen LogP contribution < -0.4 is 14.8 Å². The van der Waals surface area contributed by atoms with Crippen molar-refractivity contribution >= 4 is 17.5 Å². The van der Waals surface area contributed by atoms with Gasteiger partial charge >= 0.3 is 0 Å². The Labute approximate surface area is 195 Å². The minimum absolute atomic E-state index is 0.124. The minimum atomic E-state index is -0.175. The van der Waals surface area contributed by atoms with E-state index in [0.717, 1.165) is 29.7 Å². The van der Waals surface area contributed by atoms with Crippen LogP contribution in [0.15, 0.2) is 53.6 Å². The highest BCUT2D eigenvalue weighted by Gasteiger charge is 2.21. The summed E-state index contributed by atoms with van der Waals surface area (Å²) >= 11 is 0. The Balaban J connectivity index is 1.44. The van der Waals surface area contributed by atoms with E-state index in [1.54, 1.807) is 7.11 Å². The third-order valence-electron chi connectivity index (χ3n) is 5.43. The molecule has 176 valence electrons. The van der Waals surface area contributed by atoms with Gasteiger partial charge in [0.15, 0.2) is 11.5 Å². The number of nitrogens with zero attached hydrogens (tertiary/aromatic N) is 2. The molecule has 1 heterocycles. The number of carbonyl (C=O) groups is 2. The highest BCUT2D eigenvalue weighted by Crippen LogP contribution is 2.28. The number of rotatable bonds is 11. The van der Waals surface area contributed by atoms with Crippen LogP contribution in [0.5, 0.6) is 11.5 Å². The van der Waals surface area contributed by atoms with Gasteiger partial charge in [0.1, 0.15) is 0 Å². The molecule has 2 aromatic rings. The zero-order chi connectivity index (χ0) is 23.6. The maximum absolute atomic E-state index is 12.5. The van der Waals surface area contributed by atoms with Crippen LogP contribution >= 0.6 is 0 Å². The van der Waals surface area contributed by atoms with E-state index < -0.39 is 0 Å². The summed E-state index contributed by atoms with van der Waals surface area (Å²) in [6.45, 7) is 5.85. The van der Waals surface area contributed by atoms with Crippen molar-refractivity contribution in [3.63, 3.8) is 0 Å². The first-order chi connectivity index (χ1) is 16.0. The fraction of sp³-hybridized carbons (Fsp3) is 0.423. The molecule has 0 aromatic heterocycles. The van der Waals surface area contributed by atoms with Crippen LogP contribution in [0.25, 0.3) is 0 Å². The number of hydrazone groups is 1. The molecule has 0 bridgehead atoms. The van der Waals surface area contributed by atoms with Crippen molar-refractivity contribution in [3.8, 4) is 11.5 Å². The predicted molar refractivity (Wildman–Crippen MR) is 128 cm³/mol. The summed E-state index contributed by atoms with van der Waals surface area (Å²) in [5.41, 5.74) is 2.83. The SMILES string of the molecule is COc1cc(CNC(=O)CCC(=O)N2CCC(c3ccccc3)=N2)ccc1OCCC(C)C. The molecule has 0 fully saturated rings. The third kappa shape index (κ3) is 7.34. The van der Waals surface area contributed by atoms with Crippen molar-refractivity contribution in [2.75, 3.05) is 20.3 Å². The molecule has 3 rings (SSSR count). The quantitative estimate of drug-likeness (QED) is 0.557. The van der Waals surface area contributed by atoms with Crippen LogP contribution in [0.2, 0.25) is 0 Å². The molecule has 1 aliphatic heterocycles. The van der Waals surface area contributed by atoms with Gasteiger partial charge < -0.3 is 14.8 Å². The molecule has 1 N–H and O–H groups in total. The van der Waals surface area contributed by atoms with Gasteiger partial charge in [0.05, 0.1) is 26.0 Å². The lowest BCUT2D eigenvalue weighted by molar-refractivity contribution is -0.133. The van der Waals surface area contributed by atoms with E-state index >= 15 is 0 Å². The van der Waals surface area contributed by atoms with E-state index in [4.69, 9.17) is 9.47 Å². The largest absolute Gasteiger partial charge is 0.493 e. The highest BCUT2D eigenvalue weighted by atomic mass is 16.5. The molecule has 2 aromatic carbocycles. The van der Waals surface area contributed by atoms with Crippen molar-refractivity contribution in [1.82, 2.24) is 10.3 Å². The molecule has 1 aliphatic rings. The second kappa shape index (κ2) is 12.0. The van der Waals surface area contributed by atoms with Crippen molar-refractivity contribution in [2.45, 2.75) is 46.1 Å². The van der Waals surface area contributed by atoms with Crippen LogP contribution in [0.4, 0.5) is 0 Å². The standard InChI is InChI=1S/C26H33N3O4/c1-19(2)14-16-33-23-10-9-20(17-24(23)32-3)18-27-25(30)11-12-26(31)29-15-13-22(28-29)21-7-5-4-6-8-21/h4-10,17,19H,11-16,18H2,1-3H3,(H,27,30). The van der Waals surface area contributed by atoms with Gasteiger partial charge in [0, 0.05) is 25.8 Å². The lowest BCUT2D eigenvalue weighted by Gasteiger charge is -2.14. The fourth-order valence-corrected chi connectivity index (χ4v) is 3.45. The van der Waals surface area contributed by atoms with Gasteiger partial charge in [-0.15, -0.1) is 0 Å². The average Bonchev–Trinajstić information content (AvgIpc) is 3.32. The smallest absolute Gasteiger partial charge is 0.243 e. The van der Waals surface area contributed by atoms with Crippen LogP contribution in [0.1, 0.15) is 50.7 Å². The van der Waals surface area contributed by atoms with Gasteiger partial charge in [0.25, 0.3) is 0 Å². The van der Waals surface area contributed by atoms with Crippen LogP contribution in [0.3, 0.4) is 0 Å². The molecule has 7 nitrogen and oxygen atoms in total. The first-order valence-electron chi connectivity index (χ1n) is 11.5. The summed E-state index contributed by atoms with van der Waals surface area (Å²) in [5, 5.41) is 8.77. The Hall–Kier alpha value is -3.35. The lowest BCUT2D eigenvalue weighted by atomic mass is 10.1. The Morgan fingerprint density at radius 1 is 1.09 bits per heavy atom. The van der Waals surface area contributed by atoms with Gasteiger partial charge in [-0.25, -0.2) is 5.01 Å². The molecule has 0 unspecified atom stereocenters. The van der Waals surface area contributed by atoms with Crippen LogP contribution in [-0.2, 0) is 16.1 Å². The molecule has 2 amide bonds. The summed E-state index contributed by atoms with van der Waals surface area (Å²) in [7, 11) is 1.60. The number of ether oxygens (including phenoxy) is 2. The van der Waals surface area contributed by atoms with Gasteiger partial charge in [-0.05, 0) is 35.6 Å². The zero-order valence-corrected chi connectivity index (χ0v) is 19.7. The average molecular weight is 452 g/mol. The van der Waals surface area contributed by atoms with E-state index in [2.05, 4.69) is 24.3 Å². The maximum atomic E-state index is 12.5. The molecule has 33 heavy (non-hydrogen) atoms. The highest BCUT2D eigenvalue weighted by molar-refractivity contribution is 6.02. The van der Waals surface area contributed by atoms with E-state index in [9.17, 15) is 9.59 Å². The number of methoxy groups -OCH3 is 1. The number of hydrogen-bond donors (Lipinski definition) is 1. The van der Waals surface area contributed by atoms with Crippen LogP contribution in [0, 0.1) is 5.92 Å². The molecule has 7 heteroatoms. The summed E-state index contributed by atoms with van der Waals surface area (Å²) in [5.74, 6) is 1.59. The molecule has 0 atom stereocenters. The van der Waals surface area contributed by atoms with Gasteiger partial charge in [-0.2, -0.15) is 5.10 Å². The first kappa shape index (κ1) is 24.3. The first-order valence-corrected chi connectivity index (χ1v) is 11.5. The monoisotopic (exact) mass is 451 g/mol. The molecular weight excluding hydrogens is 418 g/mol. The molecule has 0 aliphatic carbocycles. The van der Waals surface area contributed by atoms with E-state index in [0.29, 0.717) is 37.1 Å². The Kier molecular flexibility index (Phi) is 8.87. The summed E-state index contributed by atoms with van der Waals surface area (Å²) in [6, 6.07) is 15.5. The molecule has 0 radical (unpaired) electrons. The fourth-order valence-electron chi connectivity index (χ4n) is 3.45. The van der Waals surface area contributed by atoms with Crippen LogP contribution in [-0.4, -0.2) is 42.8 Å². The van der Waals surface area contributed by atoms with E-state index in [1.807, 2.05) is 48.5 Å². The van der Waals surface area contributed by atoms with Gasteiger partial charge in [0.2, 0.25) is 11.8 Å². The van der Waals surface area contributed by atoms with Gasteiger partial charge in [-0.3, -0.25) is 9.59 Å². The second-order valence-corrected chi connectivity index (χ2v) is 8.47.